The first-order valence-electron chi connectivity index (χ1n) is 15.2. The second-order valence-corrected chi connectivity index (χ2v) is 12.9. The maximum absolute atomic E-state index is 13.8. The summed E-state index contributed by atoms with van der Waals surface area (Å²) in [6, 6.07) is 4.82. The van der Waals surface area contributed by atoms with Crippen LogP contribution in [0.1, 0.15) is 38.7 Å². The van der Waals surface area contributed by atoms with Gasteiger partial charge >= 0.3 is 0 Å². The quantitative estimate of drug-likeness (QED) is 0.269. The number of amides is 3. The van der Waals surface area contributed by atoms with Gasteiger partial charge in [0.2, 0.25) is 17.7 Å². The molecule has 2 heterocycles. The predicted molar refractivity (Wildman–Crippen MR) is 152 cm³/mol. The van der Waals surface area contributed by atoms with Crippen molar-refractivity contribution in [2.24, 2.45) is 23.2 Å². The molecule has 4 aliphatic carbocycles. The van der Waals surface area contributed by atoms with Gasteiger partial charge in [0.25, 0.3) is 0 Å². The minimum absolute atomic E-state index is 0.0968. The van der Waals surface area contributed by atoms with Crippen LogP contribution in [0.4, 0.5) is 0 Å². The first-order chi connectivity index (χ1) is 20.1. The van der Waals surface area contributed by atoms with E-state index in [1.807, 2.05) is 17.0 Å². The molecule has 11 heteroatoms. The molecule has 4 saturated carbocycles. The maximum atomic E-state index is 13.8. The van der Waals surface area contributed by atoms with Crippen molar-refractivity contribution in [3.63, 3.8) is 0 Å². The number of ketones is 1. The van der Waals surface area contributed by atoms with Gasteiger partial charge in [0.15, 0.2) is 5.78 Å². The number of Topliss-reactive ketones (excluding diaryl/α,β-unsaturated/α-hetero) is 1. The van der Waals surface area contributed by atoms with E-state index >= 15 is 0 Å². The van der Waals surface area contributed by atoms with Crippen LogP contribution in [0, 0.1) is 23.2 Å². The van der Waals surface area contributed by atoms with Crippen LogP contribution in [0.3, 0.4) is 0 Å². The van der Waals surface area contributed by atoms with Gasteiger partial charge < -0.3 is 30.2 Å². The van der Waals surface area contributed by atoms with Gasteiger partial charge in [-0.25, -0.2) is 0 Å². The Labute approximate surface area is 246 Å². The van der Waals surface area contributed by atoms with Crippen LogP contribution in [-0.2, 0) is 35.1 Å². The van der Waals surface area contributed by atoms with Gasteiger partial charge in [-0.1, -0.05) is 12.1 Å². The highest BCUT2D eigenvalue weighted by Gasteiger charge is 2.88. The van der Waals surface area contributed by atoms with E-state index in [1.54, 1.807) is 33.1 Å². The highest BCUT2D eigenvalue weighted by atomic mass is 16.6. The molecule has 228 valence electrons. The van der Waals surface area contributed by atoms with Crippen LogP contribution in [0.25, 0.3) is 0 Å². The Morgan fingerprint density at radius 1 is 1.00 bits per heavy atom. The van der Waals surface area contributed by atoms with E-state index in [0.29, 0.717) is 62.8 Å². The lowest BCUT2D eigenvalue weighted by atomic mass is 9.90. The number of methoxy groups -OCH3 is 1. The van der Waals surface area contributed by atoms with Crippen molar-refractivity contribution < 1.29 is 33.4 Å². The van der Waals surface area contributed by atoms with Crippen LogP contribution >= 0.6 is 0 Å². The highest BCUT2D eigenvalue weighted by molar-refractivity contribution is 5.98. The zero-order valence-electron chi connectivity index (χ0n) is 24.6. The van der Waals surface area contributed by atoms with Crippen LogP contribution in [0.5, 0.6) is 5.75 Å². The topological polar surface area (TPSA) is 139 Å². The van der Waals surface area contributed by atoms with Crippen LogP contribution in [-0.4, -0.2) is 98.7 Å². The lowest BCUT2D eigenvalue weighted by molar-refractivity contribution is -0.134. The lowest BCUT2D eigenvalue weighted by Gasteiger charge is -2.27. The molecule has 1 unspecified atom stereocenters. The van der Waals surface area contributed by atoms with E-state index in [4.69, 9.17) is 14.2 Å². The molecule has 42 heavy (non-hydrogen) atoms. The summed E-state index contributed by atoms with van der Waals surface area (Å²) < 4.78 is 16.1. The lowest BCUT2D eigenvalue weighted by Crippen LogP contribution is -2.57. The van der Waals surface area contributed by atoms with E-state index in [-0.39, 0.29) is 30.1 Å². The smallest absolute Gasteiger partial charge is 0.243 e. The number of rotatable bonds is 14. The van der Waals surface area contributed by atoms with E-state index in [2.05, 4.69) is 16.0 Å². The molecule has 11 nitrogen and oxygen atoms in total. The molecule has 0 spiro atoms. The number of fused-ring (bicyclic) bond motifs is 1. The Balaban J connectivity index is 1.13. The predicted octanol–water partition coefficient (Wildman–Crippen LogP) is 0.448. The van der Waals surface area contributed by atoms with E-state index in [1.165, 1.54) is 12.8 Å². The van der Waals surface area contributed by atoms with Gasteiger partial charge in [0, 0.05) is 19.5 Å². The summed E-state index contributed by atoms with van der Waals surface area (Å²) in [5.41, 5.74) is 0.162. The first-order valence-corrected chi connectivity index (χ1v) is 15.2. The average molecular weight is 583 g/mol. The van der Waals surface area contributed by atoms with Gasteiger partial charge in [-0.2, -0.15) is 0 Å². The number of nitrogens with zero attached hydrogens (tertiary/aromatic N) is 1. The molecular formula is C31H42N4O7. The number of morpholine rings is 1. The van der Waals surface area contributed by atoms with E-state index in [9.17, 15) is 19.2 Å². The molecule has 2 aliphatic heterocycles. The van der Waals surface area contributed by atoms with Crippen LogP contribution in [0.2, 0.25) is 0 Å². The maximum Gasteiger partial charge on any atom is 0.243 e. The van der Waals surface area contributed by atoms with Crippen LogP contribution in [0.15, 0.2) is 24.3 Å². The van der Waals surface area contributed by atoms with Crippen molar-refractivity contribution in [3.05, 3.63) is 29.8 Å². The normalized spacial score (nSPS) is 32.5. The molecule has 1 aromatic carbocycles. The Morgan fingerprint density at radius 3 is 2.24 bits per heavy atom. The zero-order valence-corrected chi connectivity index (χ0v) is 24.6. The standard InChI is InChI=1S/C31H42N4O7/c1-18(32-25(36)16-35-10-12-41-13-11-35)28(38)33-23(14-19-4-6-20(40-3)7-5-19)29(39)34-24(27(37)30(2)17-42-30)15-31-21-8-9-22(31)26(21)31/h4-7,18,21-24,26H,8-17H2,1-3H3,(H,32,36)(H,33,38)(H,34,39)/t18-,21+,22?,23-,24-,26+,30+,31+/m0/s1. The van der Waals surface area contributed by atoms with Crippen molar-refractivity contribution in [1.82, 2.24) is 20.9 Å². The zero-order chi connectivity index (χ0) is 29.6. The molecule has 8 atom stereocenters. The largest absolute Gasteiger partial charge is 0.497 e. The number of ether oxygens (including phenoxy) is 3. The summed E-state index contributed by atoms with van der Waals surface area (Å²) in [5, 5.41) is 8.62. The molecule has 6 aliphatic rings. The minimum atomic E-state index is -0.948. The summed E-state index contributed by atoms with van der Waals surface area (Å²) in [6.07, 6.45) is 3.27. The fraction of sp³-hybridized carbons (Fsp3) is 0.677. The van der Waals surface area contributed by atoms with Crippen LogP contribution < -0.4 is 20.7 Å². The number of hydrogen-bond donors (Lipinski definition) is 3. The third-order valence-corrected chi connectivity index (χ3v) is 10.2. The monoisotopic (exact) mass is 582 g/mol. The van der Waals surface area contributed by atoms with Gasteiger partial charge in [-0.05, 0) is 74.0 Å². The van der Waals surface area contributed by atoms with Gasteiger partial charge in [0.05, 0.1) is 39.5 Å². The molecule has 3 amide bonds. The molecule has 3 N–H and O–H groups in total. The Hall–Kier alpha value is -3.02. The number of benzene rings is 1. The fourth-order valence-electron chi connectivity index (χ4n) is 7.55. The highest BCUT2D eigenvalue weighted by Crippen LogP contribution is 2.92. The van der Waals surface area contributed by atoms with Gasteiger partial charge in [-0.3, -0.25) is 24.1 Å². The third-order valence-electron chi connectivity index (χ3n) is 10.2. The number of hydrogen-bond acceptors (Lipinski definition) is 8. The molecule has 6 fully saturated rings. The van der Waals surface area contributed by atoms with Crippen molar-refractivity contribution in [2.45, 2.75) is 63.3 Å². The fourth-order valence-corrected chi connectivity index (χ4v) is 7.55. The molecule has 2 saturated heterocycles. The van der Waals surface area contributed by atoms with Gasteiger partial charge in [-0.15, -0.1) is 0 Å². The summed E-state index contributed by atoms with van der Waals surface area (Å²) in [4.78, 5) is 55.1. The molecule has 0 radical (unpaired) electrons. The first kappa shape index (κ1) is 29.1. The number of carbonyl (C=O) groups excluding carboxylic acids is 4. The summed E-state index contributed by atoms with van der Waals surface area (Å²) in [7, 11) is 1.58. The second kappa shape index (κ2) is 11.2. The number of epoxide rings is 1. The Morgan fingerprint density at radius 2 is 1.64 bits per heavy atom. The number of carbonyl (C=O) groups is 4. The second-order valence-electron chi connectivity index (χ2n) is 12.9. The van der Waals surface area contributed by atoms with Crippen molar-refractivity contribution >= 4 is 23.5 Å². The average Bonchev–Trinajstić information content (AvgIpc) is 3.90. The summed E-state index contributed by atoms with van der Waals surface area (Å²) in [5.74, 6) is 1.49. The van der Waals surface area contributed by atoms with Crippen molar-refractivity contribution in [2.75, 3.05) is 46.6 Å². The van der Waals surface area contributed by atoms with Crippen molar-refractivity contribution in [3.8, 4) is 5.75 Å². The van der Waals surface area contributed by atoms with Crippen molar-refractivity contribution in [1.29, 1.82) is 0 Å². The third kappa shape index (κ3) is 5.66. The Bertz CT molecular complexity index is 1200. The molecule has 7 rings (SSSR count). The minimum Gasteiger partial charge on any atom is -0.497 e. The summed E-state index contributed by atoms with van der Waals surface area (Å²) >= 11 is 0. The molecular weight excluding hydrogens is 540 g/mol. The Kier molecular flexibility index (Phi) is 7.78. The summed E-state index contributed by atoms with van der Waals surface area (Å²) in [6.45, 7) is 6.36. The molecule has 0 aromatic heterocycles. The van der Waals surface area contributed by atoms with E-state index in [0.717, 1.165) is 5.56 Å². The number of nitrogens with one attached hydrogen (secondary N) is 3. The van der Waals surface area contributed by atoms with Gasteiger partial charge in [0.1, 0.15) is 23.4 Å². The van der Waals surface area contributed by atoms with E-state index < -0.39 is 35.5 Å². The molecule has 2 bridgehead atoms. The SMILES string of the molecule is COc1ccc(C[C@H](NC(=O)[C@H](C)NC(=O)CN2CCOCC2)C(=O)N[C@@H](C[C@]23C4CC[C@@H]2[C@H]43)C(=O)[C@@]2(C)CO2)cc1. The molecule has 1 aromatic rings.